The molecule has 2 aromatic rings. The Labute approximate surface area is 247 Å². The topological polar surface area (TPSA) is 128 Å². The smallest absolute Gasteiger partial charge is 0.347 e. The summed E-state index contributed by atoms with van der Waals surface area (Å²) in [5.41, 5.74) is -0.178. The number of amides is 3. The molecular weight excluding hydrogens is 536 g/mol. The fourth-order valence-electron chi connectivity index (χ4n) is 5.31. The molecule has 226 valence electrons. The minimum Gasteiger partial charge on any atom is -0.478 e. The van der Waals surface area contributed by atoms with Crippen LogP contribution >= 0.6 is 0 Å². The van der Waals surface area contributed by atoms with E-state index in [4.69, 9.17) is 4.74 Å². The third kappa shape index (κ3) is 7.21. The van der Waals surface area contributed by atoms with Crippen LogP contribution in [0.1, 0.15) is 66.7 Å². The summed E-state index contributed by atoms with van der Waals surface area (Å²) in [5.74, 6) is -1.28. The number of nitrogens with one attached hydrogen (secondary N) is 2. The zero-order chi connectivity index (χ0) is 30.7. The average molecular weight is 579 g/mol. The highest BCUT2D eigenvalue weighted by molar-refractivity contribution is 6.08. The molecule has 0 radical (unpaired) electrons. The molecule has 2 aliphatic rings. The van der Waals surface area contributed by atoms with Crippen LogP contribution < -0.4 is 25.2 Å². The maximum atomic E-state index is 14.1. The van der Waals surface area contributed by atoms with E-state index in [9.17, 15) is 24.3 Å². The lowest BCUT2D eigenvalue weighted by Gasteiger charge is -2.37. The van der Waals surface area contributed by atoms with Crippen LogP contribution in [0.25, 0.3) is 0 Å². The molecule has 4 rings (SSSR count). The van der Waals surface area contributed by atoms with Gasteiger partial charge in [0.2, 0.25) is 0 Å². The number of para-hydroxylation sites is 2. The highest BCUT2D eigenvalue weighted by Crippen LogP contribution is 2.37. The number of urea groups is 1. The number of carbonyl (C=O) groups excluding carboxylic acids is 3. The van der Waals surface area contributed by atoms with Gasteiger partial charge in [0, 0.05) is 29.8 Å². The molecule has 0 saturated heterocycles. The Kier molecular flexibility index (Phi) is 9.13. The summed E-state index contributed by atoms with van der Waals surface area (Å²) in [6.45, 7) is 8.53. The molecule has 1 aliphatic heterocycles. The highest BCUT2D eigenvalue weighted by Gasteiger charge is 2.39. The van der Waals surface area contributed by atoms with E-state index in [2.05, 4.69) is 15.5 Å². The molecule has 0 unspecified atom stereocenters. The van der Waals surface area contributed by atoms with E-state index in [1.807, 2.05) is 45.0 Å². The molecule has 0 aromatic heterocycles. The van der Waals surface area contributed by atoms with E-state index in [-0.39, 0.29) is 36.6 Å². The van der Waals surface area contributed by atoms with E-state index in [0.29, 0.717) is 11.4 Å². The Morgan fingerprint density at radius 2 is 1.62 bits per heavy atom. The van der Waals surface area contributed by atoms with Crippen LogP contribution in [-0.4, -0.2) is 59.6 Å². The molecule has 42 heavy (non-hydrogen) atoms. The standard InChI is InChI=1S/C32H42N4O6/c1-31(2,3)27(37)20-36-26-17-10-9-16-25(26)35(22-13-7-6-8-14-22)19-24(28(36)38)34-30(41)33-21-12-11-15-23(18-21)42-32(4,5)29(39)40/h9-12,15-18,22,24H,6-8,13-14,19-20H2,1-5H3,(H,39,40)(H2,33,34,41)/t24-/m1/s1. The summed E-state index contributed by atoms with van der Waals surface area (Å²) in [5, 5.41) is 15.0. The van der Waals surface area contributed by atoms with Crippen molar-refractivity contribution in [3.63, 3.8) is 0 Å². The van der Waals surface area contributed by atoms with Gasteiger partial charge in [-0.1, -0.05) is 58.2 Å². The Balaban J connectivity index is 1.61. The number of ether oxygens (including phenoxy) is 1. The van der Waals surface area contributed by atoms with Crippen LogP contribution in [0.3, 0.4) is 0 Å². The lowest BCUT2D eigenvalue weighted by molar-refractivity contribution is -0.152. The first-order valence-electron chi connectivity index (χ1n) is 14.6. The van der Waals surface area contributed by atoms with Crippen LogP contribution in [0.2, 0.25) is 0 Å². The number of Topliss-reactive ketones (excluding diaryl/α,β-unsaturated/α-hetero) is 1. The fraction of sp³-hybridized carbons (Fsp3) is 0.500. The van der Waals surface area contributed by atoms with Crippen LogP contribution in [0, 0.1) is 5.41 Å². The van der Waals surface area contributed by atoms with E-state index in [1.165, 1.54) is 31.2 Å². The Morgan fingerprint density at radius 1 is 0.952 bits per heavy atom. The molecule has 3 N–H and O–H groups in total. The number of anilines is 3. The number of hydrogen-bond acceptors (Lipinski definition) is 6. The van der Waals surface area contributed by atoms with Gasteiger partial charge in [0.05, 0.1) is 17.9 Å². The van der Waals surface area contributed by atoms with Crippen molar-refractivity contribution < 1.29 is 29.0 Å². The quantitative estimate of drug-likeness (QED) is 0.392. The second-order valence-electron chi connectivity index (χ2n) is 12.6. The third-order valence-corrected chi connectivity index (χ3v) is 7.86. The highest BCUT2D eigenvalue weighted by atomic mass is 16.5. The van der Waals surface area contributed by atoms with Crippen molar-refractivity contribution in [3.8, 4) is 5.75 Å². The molecule has 0 bridgehead atoms. The second kappa shape index (κ2) is 12.4. The normalized spacial score (nSPS) is 18.1. The first-order valence-corrected chi connectivity index (χ1v) is 14.6. The Bertz CT molecular complexity index is 1330. The minimum atomic E-state index is -1.46. The largest absolute Gasteiger partial charge is 0.478 e. The lowest BCUT2D eigenvalue weighted by Crippen LogP contribution is -2.55. The van der Waals surface area contributed by atoms with Gasteiger partial charge in [0.1, 0.15) is 11.8 Å². The van der Waals surface area contributed by atoms with Gasteiger partial charge in [-0.05, 0) is 51.0 Å². The molecule has 2 aromatic carbocycles. The zero-order valence-corrected chi connectivity index (χ0v) is 25.1. The van der Waals surface area contributed by atoms with Crippen molar-refractivity contribution in [2.75, 3.05) is 28.2 Å². The number of nitrogens with zero attached hydrogens (tertiary/aromatic N) is 2. The molecule has 1 heterocycles. The van der Waals surface area contributed by atoms with Gasteiger partial charge < -0.3 is 30.3 Å². The maximum Gasteiger partial charge on any atom is 0.347 e. The minimum absolute atomic E-state index is 0.0823. The lowest BCUT2D eigenvalue weighted by atomic mass is 9.90. The summed E-state index contributed by atoms with van der Waals surface area (Å²) in [4.78, 5) is 55.7. The molecule has 1 fully saturated rings. The second-order valence-corrected chi connectivity index (χ2v) is 12.6. The van der Waals surface area contributed by atoms with Gasteiger partial charge in [-0.2, -0.15) is 0 Å². The Morgan fingerprint density at radius 3 is 2.26 bits per heavy atom. The Hall–Kier alpha value is -4.08. The molecule has 3 amide bonds. The summed E-state index contributed by atoms with van der Waals surface area (Å²) in [6, 6.07) is 12.8. The summed E-state index contributed by atoms with van der Waals surface area (Å²) >= 11 is 0. The van der Waals surface area contributed by atoms with Gasteiger partial charge in [-0.3, -0.25) is 9.59 Å². The van der Waals surface area contributed by atoms with Crippen LogP contribution in [-0.2, 0) is 14.4 Å². The van der Waals surface area contributed by atoms with E-state index >= 15 is 0 Å². The monoisotopic (exact) mass is 578 g/mol. The van der Waals surface area contributed by atoms with Gasteiger partial charge in [-0.15, -0.1) is 0 Å². The molecule has 10 nitrogen and oxygen atoms in total. The van der Waals surface area contributed by atoms with Crippen LogP contribution in [0.15, 0.2) is 48.5 Å². The summed E-state index contributed by atoms with van der Waals surface area (Å²) < 4.78 is 5.59. The van der Waals surface area contributed by atoms with Crippen molar-refractivity contribution in [1.82, 2.24) is 5.32 Å². The van der Waals surface area contributed by atoms with Crippen LogP contribution in [0.5, 0.6) is 5.75 Å². The van der Waals surface area contributed by atoms with Crippen molar-refractivity contribution in [3.05, 3.63) is 48.5 Å². The van der Waals surface area contributed by atoms with E-state index in [0.717, 1.165) is 31.4 Å². The maximum absolute atomic E-state index is 14.1. The number of aliphatic carboxylic acids is 1. The first kappa shape index (κ1) is 30.9. The molecule has 1 saturated carbocycles. The van der Waals surface area contributed by atoms with E-state index in [1.54, 1.807) is 18.2 Å². The number of ketones is 1. The van der Waals surface area contributed by atoms with Crippen LogP contribution in [0.4, 0.5) is 21.9 Å². The molecule has 1 atom stereocenters. The summed E-state index contributed by atoms with van der Waals surface area (Å²) in [7, 11) is 0. The number of carboxylic acid groups (broad SMARTS) is 1. The van der Waals surface area contributed by atoms with Crippen molar-refractivity contribution in [2.24, 2.45) is 5.41 Å². The SMILES string of the molecule is CC(C)(C)C(=O)CN1C(=O)[C@H](NC(=O)Nc2cccc(OC(C)(C)C(=O)O)c2)CN(C2CCCCC2)c2ccccc21. The van der Waals surface area contributed by atoms with Gasteiger partial charge >= 0.3 is 12.0 Å². The van der Waals surface area contributed by atoms with Gasteiger partial charge in [0.15, 0.2) is 11.4 Å². The summed E-state index contributed by atoms with van der Waals surface area (Å²) in [6.07, 6.45) is 5.34. The number of fused-ring (bicyclic) bond motifs is 1. The number of carboxylic acids is 1. The van der Waals surface area contributed by atoms with Gasteiger partial charge in [0.25, 0.3) is 5.91 Å². The first-order chi connectivity index (χ1) is 19.8. The number of benzene rings is 2. The zero-order valence-electron chi connectivity index (χ0n) is 25.1. The molecule has 10 heteroatoms. The van der Waals surface area contributed by atoms with Gasteiger partial charge in [-0.25, -0.2) is 9.59 Å². The van der Waals surface area contributed by atoms with E-state index < -0.39 is 29.1 Å². The predicted octanol–water partition coefficient (Wildman–Crippen LogP) is 5.22. The third-order valence-electron chi connectivity index (χ3n) is 7.86. The predicted molar refractivity (Wildman–Crippen MR) is 162 cm³/mol. The van der Waals surface area contributed by atoms with Crippen molar-refractivity contribution >= 4 is 40.8 Å². The molecule has 1 aliphatic carbocycles. The number of hydrogen-bond donors (Lipinski definition) is 3. The average Bonchev–Trinajstić information content (AvgIpc) is 3.03. The molecular formula is C32H42N4O6. The van der Waals surface area contributed by atoms with Crippen molar-refractivity contribution in [1.29, 1.82) is 0 Å². The fourth-order valence-corrected chi connectivity index (χ4v) is 5.31. The van der Waals surface area contributed by atoms with Crippen molar-refractivity contribution in [2.45, 2.75) is 84.4 Å². The number of carbonyl (C=O) groups is 4. The number of rotatable bonds is 8. The molecule has 0 spiro atoms.